The smallest absolute Gasteiger partial charge is 0.341 e. The van der Waals surface area contributed by atoms with Crippen molar-refractivity contribution in [2.24, 2.45) is 0 Å². The summed E-state index contributed by atoms with van der Waals surface area (Å²) in [4.78, 5) is 26.7. The summed E-state index contributed by atoms with van der Waals surface area (Å²) in [5.74, 6) is -0.341. The minimum atomic E-state index is -0.576. The van der Waals surface area contributed by atoms with E-state index in [0.717, 1.165) is 30.8 Å². The van der Waals surface area contributed by atoms with Crippen LogP contribution in [0.4, 0.5) is 9.39 Å². The van der Waals surface area contributed by atoms with Gasteiger partial charge in [-0.25, -0.2) is 9.18 Å². The fourth-order valence-corrected chi connectivity index (χ4v) is 6.16. The first-order chi connectivity index (χ1) is 17.4. The van der Waals surface area contributed by atoms with Crippen LogP contribution in [0.5, 0.6) is 0 Å². The molecule has 0 radical (unpaired) electrons. The first-order valence-corrected chi connectivity index (χ1v) is 14.1. The lowest BCUT2D eigenvalue weighted by molar-refractivity contribution is -0.113. The van der Waals surface area contributed by atoms with E-state index in [0.29, 0.717) is 21.3 Å². The van der Waals surface area contributed by atoms with Gasteiger partial charge in [-0.15, -0.1) is 32.9 Å². The molecule has 0 aliphatic heterocycles. The lowest BCUT2D eigenvalue weighted by Gasteiger charge is -2.09. The van der Waals surface area contributed by atoms with Crippen molar-refractivity contribution in [3.63, 3.8) is 0 Å². The maximum atomic E-state index is 13.4. The molecule has 188 valence electrons. The number of benzene rings is 1. The molecule has 0 fully saturated rings. The lowest BCUT2D eigenvalue weighted by Crippen LogP contribution is -2.16. The van der Waals surface area contributed by atoms with Crippen LogP contribution in [0.25, 0.3) is 22.5 Å². The van der Waals surface area contributed by atoms with Crippen LogP contribution in [0.3, 0.4) is 0 Å². The average Bonchev–Trinajstić information content (AvgIpc) is 3.61. The highest BCUT2D eigenvalue weighted by Gasteiger charge is 2.23. The van der Waals surface area contributed by atoms with Crippen molar-refractivity contribution in [1.29, 1.82) is 0 Å². The molecule has 36 heavy (non-hydrogen) atoms. The van der Waals surface area contributed by atoms with Crippen LogP contribution in [0.15, 0.2) is 46.2 Å². The van der Waals surface area contributed by atoms with Gasteiger partial charge in [0.1, 0.15) is 16.4 Å². The van der Waals surface area contributed by atoms with Gasteiger partial charge in [0.25, 0.3) is 0 Å². The van der Waals surface area contributed by atoms with Crippen LogP contribution in [0, 0.1) is 5.82 Å². The number of anilines is 1. The Labute approximate surface area is 220 Å². The summed E-state index contributed by atoms with van der Waals surface area (Å²) in [5, 5.41) is 16.4. The first-order valence-electron chi connectivity index (χ1n) is 11.3. The summed E-state index contributed by atoms with van der Waals surface area (Å²) >= 11 is 4.21. The van der Waals surface area contributed by atoms with Gasteiger partial charge in [-0.05, 0) is 36.6 Å². The number of nitrogens with zero attached hydrogens (tertiary/aromatic N) is 3. The Hall–Kier alpha value is -3.02. The average molecular weight is 545 g/mol. The van der Waals surface area contributed by atoms with E-state index < -0.39 is 5.97 Å². The molecule has 0 aliphatic rings. The monoisotopic (exact) mass is 544 g/mol. The molecule has 1 aromatic carbocycles. The summed E-state index contributed by atoms with van der Waals surface area (Å²) in [6.45, 7) is 4.94. The van der Waals surface area contributed by atoms with Crippen molar-refractivity contribution >= 4 is 51.3 Å². The predicted octanol–water partition coefficient (Wildman–Crippen LogP) is 6.36. The number of aromatic nitrogens is 3. The van der Waals surface area contributed by atoms with Crippen LogP contribution in [-0.4, -0.2) is 39.5 Å². The molecule has 0 saturated heterocycles. The number of hydrogen-bond acceptors (Lipinski definition) is 8. The Morgan fingerprint density at radius 2 is 1.89 bits per heavy atom. The van der Waals surface area contributed by atoms with Gasteiger partial charge in [0.2, 0.25) is 5.91 Å². The van der Waals surface area contributed by atoms with Gasteiger partial charge < -0.3 is 14.6 Å². The highest BCUT2D eigenvalue weighted by molar-refractivity contribution is 7.99. The van der Waals surface area contributed by atoms with E-state index in [1.54, 1.807) is 28.8 Å². The number of amides is 1. The number of rotatable bonds is 10. The molecule has 7 nitrogen and oxygen atoms in total. The van der Waals surface area contributed by atoms with Crippen LogP contribution in [-0.2, 0) is 22.5 Å². The van der Waals surface area contributed by atoms with Crippen molar-refractivity contribution in [3.05, 3.63) is 57.3 Å². The van der Waals surface area contributed by atoms with Crippen LogP contribution in [0.1, 0.15) is 35.5 Å². The molecule has 0 aliphatic carbocycles. The molecule has 0 bridgehead atoms. The van der Waals surface area contributed by atoms with Gasteiger partial charge in [0, 0.05) is 33.3 Å². The van der Waals surface area contributed by atoms with Crippen LogP contribution < -0.4 is 5.32 Å². The van der Waals surface area contributed by atoms with Gasteiger partial charge in [0.05, 0.1) is 12.9 Å². The molecule has 11 heteroatoms. The van der Waals surface area contributed by atoms with E-state index in [-0.39, 0.29) is 23.0 Å². The van der Waals surface area contributed by atoms with Crippen LogP contribution >= 0.6 is 34.4 Å². The Morgan fingerprint density at radius 1 is 1.11 bits per heavy atom. The summed E-state index contributed by atoms with van der Waals surface area (Å²) in [6.07, 6.45) is 1.87. The van der Waals surface area contributed by atoms with E-state index in [4.69, 9.17) is 4.74 Å². The predicted molar refractivity (Wildman–Crippen MR) is 143 cm³/mol. The fraction of sp³-hybridized carbons (Fsp3) is 0.280. The SMILES string of the molecule is CCCn1c(SCC(=O)Nc2scc(-c3ccc(F)cc3)c2C(=O)OC)nnc1-c1csc(CC)c1. The molecule has 0 unspecified atom stereocenters. The van der Waals surface area contributed by atoms with Gasteiger partial charge >= 0.3 is 5.97 Å². The summed E-state index contributed by atoms with van der Waals surface area (Å²) < 4.78 is 20.3. The largest absolute Gasteiger partial charge is 0.465 e. The quantitative estimate of drug-likeness (QED) is 0.185. The van der Waals surface area contributed by atoms with Gasteiger partial charge in [-0.1, -0.05) is 37.7 Å². The zero-order valence-corrected chi connectivity index (χ0v) is 22.5. The molecule has 4 rings (SSSR count). The molecule has 1 N–H and O–H groups in total. The number of thioether (sulfide) groups is 1. The molecule has 0 atom stereocenters. The third-order valence-corrected chi connectivity index (χ3v) is 8.29. The number of carbonyl (C=O) groups excluding carboxylic acids is 2. The molecule has 0 spiro atoms. The fourth-order valence-electron chi connectivity index (χ4n) is 3.61. The van der Waals surface area contributed by atoms with E-state index in [1.165, 1.54) is 47.2 Å². The van der Waals surface area contributed by atoms with Gasteiger partial charge in [-0.3, -0.25) is 4.79 Å². The summed E-state index contributed by atoms with van der Waals surface area (Å²) in [7, 11) is 1.28. The second-order valence-corrected chi connectivity index (χ2v) is 10.6. The van der Waals surface area contributed by atoms with Crippen molar-refractivity contribution in [2.75, 3.05) is 18.2 Å². The molecule has 3 heterocycles. The Bertz CT molecular complexity index is 1360. The van der Waals surface area contributed by atoms with Crippen molar-refractivity contribution in [2.45, 2.75) is 38.4 Å². The normalized spacial score (nSPS) is 11.0. The summed E-state index contributed by atoms with van der Waals surface area (Å²) in [6, 6.07) is 7.94. The second-order valence-electron chi connectivity index (χ2n) is 7.80. The minimum Gasteiger partial charge on any atom is -0.465 e. The summed E-state index contributed by atoms with van der Waals surface area (Å²) in [5.41, 5.74) is 2.50. The Balaban J connectivity index is 1.50. The minimum absolute atomic E-state index is 0.0933. The topological polar surface area (TPSA) is 86.1 Å². The number of aryl methyl sites for hydroxylation is 1. The number of esters is 1. The van der Waals surface area contributed by atoms with E-state index in [9.17, 15) is 14.0 Å². The molecule has 4 aromatic rings. The third-order valence-electron chi connectivity index (χ3n) is 5.35. The zero-order chi connectivity index (χ0) is 25.7. The molecule has 3 aromatic heterocycles. The molecular formula is C25H25FN4O3S3. The van der Waals surface area contributed by atoms with E-state index in [2.05, 4.69) is 40.8 Å². The zero-order valence-electron chi connectivity index (χ0n) is 20.0. The van der Waals surface area contributed by atoms with E-state index >= 15 is 0 Å². The molecule has 0 saturated carbocycles. The molecule has 1 amide bonds. The van der Waals surface area contributed by atoms with E-state index in [1.807, 2.05) is 4.57 Å². The van der Waals surface area contributed by atoms with Crippen LogP contribution in [0.2, 0.25) is 0 Å². The standard InChI is InChI=1S/C25H25FN4O3S3/c1-4-10-30-22(16-11-18(5-2)34-12-16)28-29-25(30)36-14-20(31)27-23-21(24(32)33-3)19(13-35-23)15-6-8-17(26)9-7-15/h6-9,11-13H,4-5,10,14H2,1-3H3,(H,27,31). The van der Waals surface area contributed by atoms with Crippen molar-refractivity contribution < 1.29 is 18.7 Å². The lowest BCUT2D eigenvalue weighted by atomic mass is 10.0. The highest BCUT2D eigenvalue weighted by Crippen LogP contribution is 2.36. The maximum absolute atomic E-state index is 13.4. The van der Waals surface area contributed by atoms with Crippen molar-refractivity contribution in [1.82, 2.24) is 14.8 Å². The third kappa shape index (κ3) is 5.69. The Kier molecular flexibility index (Phi) is 8.55. The molecular weight excluding hydrogens is 519 g/mol. The van der Waals surface area contributed by atoms with Gasteiger partial charge in [-0.2, -0.15) is 0 Å². The van der Waals surface area contributed by atoms with Gasteiger partial charge in [0.15, 0.2) is 11.0 Å². The highest BCUT2D eigenvalue weighted by atomic mass is 32.2. The number of ether oxygens (including phenoxy) is 1. The Morgan fingerprint density at radius 3 is 2.56 bits per heavy atom. The van der Waals surface area contributed by atoms with Crippen molar-refractivity contribution in [3.8, 4) is 22.5 Å². The second kappa shape index (κ2) is 11.8. The number of methoxy groups -OCH3 is 1. The number of carbonyl (C=O) groups is 2. The number of hydrogen-bond donors (Lipinski definition) is 1. The first kappa shape index (κ1) is 26.1. The maximum Gasteiger partial charge on any atom is 0.341 e. The number of thiophene rings is 2. The number of halogens is 1. The number of nitrogens with one attached hydrogen (secondary N) is 1.